The van der Waals surface area contributed by atoms with Crippen LogP contribution in [0.1, 0.15) is 42.5 Å². The maximum atomic E-state index is 4.56. The van der Waals surface area contributed by atoms with Gasteiger partial charge in [-0.3, -0.25) is 9.67 Å². The molecule has 0 saturated heterocycles. The third-order valence-corrected chi connectivity index (χ3v) is 3.53. The maximum absolute atomic E-state index is 4.56. The molecule has 4 heteroatoms. The van der Waals surface area contributed by atoms with Crippen LogP contribution in [0.5, 0.6) is 0 Å². The normalized spacial score (nSPS) is 12.6. The number of hydrogen-bond donors (Lipinski definition) is 1. The molecule has 2 heterocycles. The van der Waals surface area contributed by atoms with Gasteiger partial charge < -0.3 is 5.32 Å². The third-order valence-electron chi connectivity index (χ3n) is 3.53. The Labute approximate surface area is 121 Å². The van der Waals surface area contributed by atoms with E-state index in [4.69, 9.17) is 0 Å². The highest BCUT2D eigenvalue weighted by Crippen LogP contribution is 2.20. The van der Waals surface area contributed by atoms with Gasteiger partial charge in [0.25, 0.3) is 0 Å². The molecule has 0 aliphatic heterocycles. The number of nitrogens with one attached hydrogen (secondary N) is 1. The van der Waals surface area contributed by atoms with Crippen molar-refractivity contribution in [3.8, 4) is 0 Å². The van der Waals surface area contributed by atoms with Gasteiger partial charge in [-0.25, -0.2) is 0 Å². The zero-order valence-electron chi connectivity index (χ0n) is 12.8. The van der Waals surface area contributed by atoms with Crippen LogP contribution in [0.15, 0.2) is 24.4 Å². The average Bonchev–Trinajstić information content (AvgIpc) is 2.79. The standard InChI is InChI=1S/C16H24N4/c1-5-17-15(16-12(3)8-7-9-18-16)11-14-10-13(4)19-20(14)6-2/h7-10,15,17H,5-6,11H2,1-4H3. The fourth-order valence-electron chi connectivity index (χ4n) is 2.62. The minimum absolute atomic E-state index is 0.239. The first-order chi connectivity index (χ1) is 9.65. The Morgan fingerprint density at radius 1 is 1.30 bits per heavy atom. The van der Waals surface area contributed by atoms with E-state index in [9.17, 15) is 0 Å². The molecular weight excluding hydrogens is 248 g/mol. The van der Waals surface area contributed by atoms with E-state index in [0.29, 0.717) is 0 Å². The topological polar surface area (TPSA) is 42.7 Å². The second-order valence-corrected chi connectivity index (χ2v) is 5.11. The second kappa shape index (κ2) is 6.66. The number of nitrogens with zero attached hydrogens (tertiary/aromatic N) is 3. The van der Waals surface area contributed by atoms with E-state index < -0.39 is 0 Å². The molecule has 0 bridgehead atoms. The quantitative estimate of drug-likeness (QED) is 0.879. The molecule has 0 spiro atoms. The molecule has 1 N–H and O–H groups in total. The van der Waals surface area contributed by atoms with Crippen molar-refractivity contribution in [2.75, 3.05) is 6.54 Å². The van der Waals surface area contributed by atoms with E-state index in [0.717, 1.165) is 30.9 Å². The smallest absolute Gasteiger partial charge is 0.0606 e. The van der Waals surface area contributed by atoms with Crippen molar-refractivity contribution in [3.63, 3.8) is 0 Å². The molecular formula is C16H24N4. The summed E-state index contributed by atoms with van der Waals surface area (Å²) in [6.45, 7) is 10.3. The lowest BCUT2D eigenvalue weighted by Crippen LogP contribution is -2.25. The molecule has 2 rings (SSSR count). The van der Waals surface area contributed by atoms with Crippen LogP contribution in [0, 0.1) is 13.8 Å². The highest BCUT2D eigenvalue weighted by molar-refractivity contribution is 5.23. The monoisotopic (exact) mass is 272 g/mol. The van der Waals surface area contributed by atoms with Crippen LogP contribution in [0.4, 0.5) is 0 Å². The Morgan fingerprint density at radius 2 is 2.10 bits per heavy atom. The highest BCUT2D eigenvalue weighted by Gasteiger charge is 2.17. The molecule has 0 aromatic carbocycles. The molecule has 1 atom stereocenters. The number of likely N-dealkylation sites (N-methyl/N-ethyl adjacent to an activating group) is 1. The van der Waals surface area contributed by atoms with Crippen LogP contribution in [0.3, 0.4) is 0 Å². The molecule has 0 radical (unpaired) electrons. The van der Waals surface area contributed by atoms with Gasteiger partial charge in [-0.05, 0) is 45.0 Å². The highest BCUT2D eigenvalue weighted by atomic mass is 15.3. The van der Waals surface area contributed by atoms with E-state index >= 15 is 0 Å². The van der Waals surface area contributed by atoms with Crippen LogP contribution in [0.2, 0.25) is 0 Å². The van der Waals surface area contributed by atoms with Crippen LogP contribution in [-0.2, 0) is 13.0 Å². The van der Waals surface area contributed by atoms with Gasteiger partial charge in [-0.2, -0.15) is 5.10 Å². The van der Waals surface area contributed by atoms with Gasteiger partial charge in [-0.15, -0.1) is 0 Å². The minimum Gasteiger partial charge on any atom is -0.309 e. The Morgan fingerprint density at radius 3 is 2.75 bits per heavy atom. The largest absolute Gasteiger partial charge is 0.309 e. The Balaban J connectivity index is 2.28. The molecule has 2 aromatic rings. The summed E-state index contributed by atoms with van der Waals surface area (Å²) >= 11 is 0. The van der Waals surface area contributed by atoms with Gasteiger partial charge in [-0.1, -0.05) is 13.0 Å². The number of pyridine rings is 1. The molecule has 20 heavy (non-hydrogen) atoms. The van der Waals surface area contributed by atoms with Crippen LogP contribution < -0.4 is 5.32 Å². The first kappa shape index (κ1) is 14.7. The van der Waals surface area contributed by atoms with Gasteiger partial charge in [0.15, 0.2) is 0 Å². The van der Waals surface area contributed by atoms with Gasteiger partial charge >= 0.3 is 0 Å². The van der Waals surface area contributed by atoms with Crippen molar-refractivity contribution >= 4 is 0 Å². The number of aryl methyl sites for hydroxylation is 3. The van der Waals surface area contributed by atoms with E-state index in [2.05, 4.69) is 53.0 Å². The first-order valence-corrected chi connectivity index (χ1v) is 7.33. The fourth-order valence-corrected chi connectivity index (χ4v) is 2.62. The van der Waals surface area contributed by atoms with Crippen molar-refractivity contribution in [1.29, 1.82) is 0 Å². The average molecular weight is 272 g/mol. The third kappa shape index (κ3) is 3.25. The SMILES string of the molecule is CCNC(Cc1cc(C)nn1CC)c1ncccc1C. The van der Waals surface area contributed by atoms with Crippen molar-refractivity contribution < 1.29 is 0 Å². The summed E-state index contributed by atoms with van der Waals surface area (Å²) in [5, 5.41) is 8.07. The lowest BCUT2D eigenvalue weighted by molar-refractivity contribution is 0.504. The Bertz CT molecular complexity index is 559. The zero-order valence-corrected chi connectivity index (χ0v) is 12.8. The predicted molar refractivity (Wildman–Crippen MR) is 81.7 cm³/mol. The summed E-state index contributed by atoms with van der Waals surface area (Å²) in [6.07, 6.45) is 2.79. The summed E-state index contributed by atoms with van der Waals surface area (Å²) in [5.74, 6) is 0. The summed E-state index contributed by atoms with van der Waals surface area (Å²) in [7, 11) is 0. The molecule has 0 saturated carbocycles. The van der Waals surface area contributed by atoms with Crippen LogP contribution in [0.25, 0.3) is 0 Å². The summed E-state index contributed by atoms with van der Waals surface area (Å²) in [5.41, 5.74) is 4.71. The van der Waals surface area contributed by atoms with Crippen LogP contribution in [-0.4, -0.2) is 21.3 Å². The summed E-state index contributed by atoms with van der Waals surface area (Å²) in [6, 6.07) is 6.52. The molecule has 2 aromatic heterocycles. The second-order valence-electron chi connectivity index (χ2n) is 5.11. The zero-order chi connectivity index (χ0) is 14.5. The van der Waals surface area contributed by atoms with Gasteiger partial charge in [0.05, 0.1) is 17.4 Å². The molecule has 0 aliphatic carbocycles. The van der Waals surface area contributed by atoms with Gasteiger partial charge in [0.2, 0.25) is 0 Å². The Hall–Kier alpha value is -1.68. The molecule has 4 nitrogen and oxygen atoms in total. The predicted octanol–water partition coefficient (Wildman–Crippen LogP) is 2.81. The van der Waals surface area contributed by atoms with E-state index in [1.165, 1.54) is 11.3 Å². The summed E-state index contributed by atoms with van der Waals surface area (Å²) in [4.78, 5) is 4.56. The van der Waals surface area contributed by atoms with E-state index in [1.54, 1.807) is 0 Å². The van der Waals surface area contributed by atoms with Crippen molar-refractivity contribution in [2.24, 2.45) is 0 Å². The minimum atomic E-state index is 0.239. The van der Waals surface area contributed by atoms with Gasteiger partial charge in [0, 0.05) is 24.9 Å². The van der Waals surface area contributed by atoms with Crippen molar-refractivity contribution in [2.45, 2.75) is 46.7 Å². The molecule has 1 unspecified atom stereocenters. The summed E-state index contributed by atoms with van der Waals surface area (Å²) < 4.78 is 2.08. The van der Waals surface area contributed by atoms with Crippen molar-refractivity contribution in [1.82, 2.24) is 20.1 Å². The number of aromatic nitrogens is 3. The lowest BCUT2D eigenvalue weighted by atomic mass is 10.0. The number of rotatable bonds is 6. The lowest BCUT2D eigenvalue weighted by Gasteiger charge is -2.19. The fraction of sp³-hybridized carbons (Fsp3) is 0.500. The van der Waals surface area contributed by atoms with Crippen LogP contribution >= 0.6 is 0 Å². The molecule has 0 fully saturated rings. The van der Waals surface area contributed by atoms with E-state index in [-0.39, 0.29) is 6.04 Å². The van der Waals surface area contributed by atoms with Gasteiger partial charge in [0.1, 0.15) is 0 Å². The molecule has 0 amide bonds. The number of hydrogen-bond acceptors (Lipinski definition) is 3. The maximum Gasteiger partial charge on any atom is 0.0606 e. The Kier molecular flexibility index (Phi) is 4.90. The molecule has 108 valence electrons. The molecule has 0 aliphatic rings. The van der Waals surface area contributed by atoms with Crippen molar-refractivity contribution in [3.05, 3.63) is 47.0 Å². The first-order valence-electron chi connectivity index (χ1n) is 7.33. The van der Waals surface area contributed by atoms with E-state index in [1.807, 2.05) is 19.2 Å².